The Morgan fingerprint density at radius 2 is 1.45 bits per heavy atom. The Morgan fingerprint density at radius 3 is 2.14 bits per heavy atom. The topological polar surface area (TPSA) is 79.3 Å². The number of para-hydroxylation sites is 1. The van der Waals surface area contributed by atoms with Crippen LogP contribution in [0, 0.1) is 0 Å². The van der Waals surface area contributed by atoms with E-state index in [-0.39, 0.29) is 11.3 Å². The van der Waals surface area contributed by atoms with Gasteiger partial charge in [0, 0.05) is 12.1 Å². The summed E-state index contributed by atoms with van der Waals surface area (Å²) in [6.07, 6.45) is 0.693. The van der Waals surface area contributed by atoms with Crippen LogP contribution in [0.15, 0.2) is 115 Å². The molecule has 0 bridgehead atoms. The Bertz CT molecular complexity index is 1580. The van der Waals surface area contributed by atoms with Crippen molar-refractivity contribution in [3.8, 4) is 17.2 Å². The number of likely N-dealkylation sites (tertiary alicyclic amines) is 1. The van der Waals surface area contributed by atoms with Crippen molar-refractivity contribution in [2.24, 2.45) is 0 Å². The zero-order valence-electron chi connectivity index (χ0n) is 25.2. The minimum atomic E-state index is -0.764. The number of aliphatic hydroxyl groups excluding tert-OH is 1. The van der Waals surface area contributed by atoms with E-state index in [9.17, 15) is 14.7 Å². The van der Waals surface area contributed by atoms with Crippen LogP contribution in [-0.2, 0) is 16.2 Å². The van der Waals surface area contributed by atoms with Crippen molar-refractivity contribution >= 4 is 17.4 Å². The molecule has 7 nitrogen and oxygen atoms in total. The van der Waals surface area contributed by atoms with Crippen molar-refractivity contribution in [1.82, 2.24) is 9.80 Å². The van der Waals surface area contributed by atoms with E-state index in [0.29, 0.717) is 47.9 Å². The molecule has 4 aromatic rings. The zero-order valence-corrected chi connectivity index (χ0v) is 25.2. The standard InChI is InChI=1S/C37H38N2O5/c1-3-38(4-2)23-12-24-39-34(29-15-11-18-32(25-29)44-31-16-9-6-10-17-31)33(36(41)37(39)42)35(40)28-19-21-30(22-20-28)43-26-27-13-7-5-8-14-27/h5-11,13-22,25,34,40H,3-4,12,23-24,26H2,1-2H3/b35-33+. The van der Waals surface area contributed by atoms with Crippen LogP contribution in [0.1, 0.15) is 43.0 Å². The predicted octanol–water partition coefficient (Wildman–Crippen LogP) is 7.21. The van der Waals surface area contributed by atoms with Crippen LogP contribution in [-0.4, -0.2) is 52.8 Å². The van der Waals surface area contributed by atoms with Gasteiger partial charge in [-0.25, -0.2) is 0 Å². The lowest BCUT2D eigenvalue weighted by molar-refractivity contribution is -0.140. The molecule has 0 aliphatic carbocycles. The van der Waals surface area contributed by atoms with Gasteiger partial charge in [-0.2, -0.15) is 0 Å². The van der Waals surface area contributed by atoms with E-state index in [1.165, 1.54) is 0 Å². The summed E-state index contributed by atoms with van der Waals surface area (Å²) in [6, 6.07) is 32.8. The highest BCUT2D eigenvalue weighted by atomic mass is 16.5. The first kappa shape index (κ1) is 30.6. The molecule has 1 atom stereocenters. The summed E-state index contributed by atoms with van der Waals surface area (Å²) < 4.78 is 12.0. The summed E-state index contributed by atoms with van der Waals surface area (Å²) >= 11 is 0. The molecule has 1 fully saturated rings. The van der Waals surface area contributed by atoms with Crippen LogP contribution < -0.4 is 9.47 Å². The number of nitrogens with zero attached hydrogens (tertiary/aromatic N) is 2. The average Bonchev–Trinajstić information content (AvgIpc) is 3.32. The van der Waals surface area contributed by atoms with Gasteiger partial charge in [-0.15, -0.1) is 0 Å². The first-order valence-corrected chi connectivity index (χ1v) is 15.1. The average molecular weight is 591 g/mol. The third-order valence-electron chi connectivity index (χ3n) is 7.84. The number of ether oxygens (including phenoxy) is 2. The van der Waals surface area contributed by atoms with Crippen molar-refractivity contribution in [1.29, 1.82) is 0 Å². The summed E-state index contributed by atoms with van der Waals surface area (Å²) in [6.45, 7) is 7.60. The molecular weight excluding hydrogens is 552 g/mol. The molecule has 7 heteroatoms. The van der Waals surface area contributed by atoms with Gasteiger partial charge in [-0.05, 0) is 85.7 Å². The molecule has 0 spiro atoms. The summed E-state index contributed by atoms with van der Waals surface area (Å²) in [7, 11) is 0. The molecular formula is C37H38N2O5. The van der Waals surface area contributed by atoms with Crippen LogP contribution in [0.25, 0.3) is 5.76 Å². The van der Waals surface area contributed by atoms with E-state index in [1.54, 1.807) is 29.2 Å². The molecule has 4 aromatic carbocycles. The van der Waals surface area contributed by atoms with Gasteiger partial charge in [0.1, 0.15) is 29.6 Å². The molecule has 5 rings (SSSR count). The molecule has 1 saturated heterocycles. The minimum absolute atomic E-state index is 0.0626. The molecule has 226 valence electrons. The van der Waals surface area contributed by atoms with Crippen molar-refractivity contribution in [3.63, 3.8) is 0 Å². The Labute approximate surface area is 259 Å². The van der Waals surface area contributed by atoms with Crippen LogP contribution in [0.3, 0.4) is 0 Å². The van der Waals surface area contributed by atoms with Crippen molar-refractivity contribution < 1.29 is 24.2 Å². The number of aliphatic hydroxyl groups is 1. The number of rotatable bonds is 13. The monoisotopic (exact) mass is 590 g/mol. The minimum Gasteiger partial charge on any atom is -0.507 e. The molecule has 1 heterocycles. The maximum absolute atomic E-state index is 13.6. The fourth-order valence-electron chi connectivity index (χ4n) is 5.44. The SMILES string of the molecule is CCN(CC)CCCN1C(=O)C(=O)/C(=C(/O)c2ccc(OCc3ccccc3)cc2)C1c1cccc(Oc2ccccc2)c1. The maximum atomic E-state index is 13.6. The second-order valence-electron chi connectivity index (χ2n) is 10.7. The van der Waals surface area contributed by atoms with E-state index < -0.39 is 17.7 Å². The Morgan fingerprint density at radius 1 is 0.795 bits per heavy atom. The van der Waals surface area contributed by atoms with Gasteiger partial charge in [0.05, 0.1) is 11.6 Å². The van der Waals surface area contributed by atoms with Crippen molar-refractivity contribution in [3.05, 3.63) is 131 Å². The third kappa shape index (κ3) is 7.18. The molecule has 1 aliphatic heterocycles. The van der Waals surface area contributed by atoms with Crippen LogP contribution in [0.5, 0.6) is 17.2 Å². The highest BCUT2D eigenvalue weighted by Gasteiger charge is 2.46. The molecule has 1 unspecified atom stereocenters. The maximum Gasteiger partial charge on any atom is 0.295 e. The van der Waals surface area contributed by atoms with Gasteiger partial charge >= 0.3 is 0 Å². The van der Waals surface area contributed by atoms with E-state index in [2.05, 4.69) is 18.7 Å². The quantitative estimate of drug-likeness (QED) is 0.101. The lowest BCUT2D eigenvalue weighted by Gasteiger charge is -2.27. The number of ketones is 1. The van der Waals surface area contributed by atoms with Crippen LogP contribution in [0.2, 0.25) is 0 Å². The molecule has 1 N–H and O–H groups in total. The lowest BCUT2D eigenvalue weighted by Crippen LogP contribution is -2.33. The van der Waals surface area contributed by atoms with Gasteiger partial charge in [-0.3, -0.25) is 9.59 Å². The lowest BCUT2D eigenvalue weighted by atomic mass is 9.95. The highest BCUT2D eigenvalue weighted by molar-refractivity contribution is 6.46. The fourth-order valence-corrected chi connectivity index (χ4v) is 5.44. The Kier molecular flexibility index (Phi) is 10.1. The summed E-state index contributed by atoms with van der Waals surface area (Å²) in [5.41, 5.74) is 2.22. The number of hydrogen-bond donors (Lipinski definition) is 1. The fraction of sp³-hybridized carbons (Fsp3) is 0.243. The van der Waals surface area contributed by atoms with E-state index in [4.69, 9.17) is 9.47 Å². The summed E-state index contributed by atoms with van der Waals surface area (Å²) in [5.74, 6) is 0.338. The smallest absolute Gasteiger partial charge is 0.295 e. The number of carbonyl (C=O) groups is 2. The summed E-state index contributed by atoms with van der Waals surface area (Å²) in [4.78, 5) is 30.9. The largest absolute Gasteiger partial charge is 0.507 e. The van der Waals surface area contributed by atoms with Gasteiger partial charge in [0.25, 0.3) is 11.7 Å². The molecule has 44 heavy (non-hydrogen) atoms. The van der Waals surface area contributed by atoms with Gasteiger partial charge < -0.3 is 24.4 Å². The van der Waals surface area contributed by atoms with Crippen LogP contribution in [0.4, 0.5) is 0 Å². The van der Waals surface area contributed by atoms with Gasteiger partial charge in [0.2, 0.25) is 0 Å². The van der Waals surface area contributed by atoms with Crippen molar-refractivity contribution in [2.45, 2.75) is 32.9 Å². The normalized spacial score (nSPS) is 16.0. The van der Waals surface area contributed by atoms with Gasteiger partial charge in [-0.1, -0.05) is 74.5 Å². The number of Topliss-reactive ketones (excluding diaryl/α,β-unsaturated/α-hetero) is 1. The molecule has 1 amide bonds. The molecule has 1 aliphatic rings. The van der Waals surface area contributed by atoms with E-state index in [0.717, 1.165) is 25.2 Å². The Hall–Kier alpha value is -4.88. The first-order valence-electron chi connectivity index (χ1n) is 15.1. The second-order valence-corrected chi connectivity index (χ2v) is 10.7. The highest BCUT2D eigenvalue weighted by Crippen LogP contribution is 2.41. The number of amides is 1. The predicted molar refractivity (Wildman–Crippen MR) is 172 cm³/mol. The molecule has 0 aromatic heterocycles. The number of carbonyl (C=O) groups excluding carboxylic acids is 2. The van der Waals surface area contributed by atoms with Crippen LogP contribution >= 0.6 is 0 Å². The third-order valence-corrected chi connectivity index (χ3v) is 7.84. The zero-order chi connectivity index (χ0) is 30.9. The Balaban J connectivity index is 1.46. The van der Waals surface area contributed by atoms with E-state index >= 15 is 0 Å². The van der Waals surface area contributed by atoms with Crippen molar-refractivity contribution in [2.75, 3.05) is 26.2 Å². The second kappa shape index (κ2) is 14.5. The first-order chi connectivity index (χ1) is 21.5. The van der Waals surface area contributed by atoms with E-state index in [1.807, 2.05) is 84.9 Å². The van der Waals surface area contributed by atoms with Gasteiger partial charge in [0.15, 0.2) is 0 Å². The number of benzene rings is 4. The number of hydrogen-bond acceptors (Lipinski definition) is 6. The summed E-state index contributed by atoms with van der Waals surface area (Å²) in [5, 5.41) is 11.6. The molecule has 0 saturated carbocycles. The molecule has 0 radical (unpaired) electrons.